The zero-order chi connectivity index (χ0) is 14.0. The number of para-hydroxylation sites is 1. The van der Waals surface area contributed by atoms with Gasteiger partial charge in [0.25, 0.3) is 0 Å². The Labute approximate surface area is 126 Å². The van der Waals surface area contributed by atoms with Crippen molar-refractivity contribution in [2.45, 2.75) is 38.5 Å². The summed E-state index contributed by atoms with van der Waals surface area (Å²) in [6.45, 7) is 8.50. The predicted molar refractivity (Wildman–Crippen MR) is 86.8 cm³/mol. The molecule has 6 heteroatoms. The standard InChI is InChI=1S/C12H19Cl3OSi2/c1-5-12(18(13,14)15)10-8-6-7-9-11(10)16-17(2,3)4/h6-9,12H,5H2,1-4H3. The maximum absolute atomic E-state index is 6.20. The van der Waals surface area contributed by atoms with Gasteiger partial charge in [-0.25, -0.2) is 0 Å². The van der Waals surface area contributed by atoms with Crippen LogP contribution >= 0.6 is 33.2 Å². The molecule has 0 aliphatic carbocycles. The molecule has 1 atom stereocenters. The van der Waals surface area contributed by atoms with E-state index >= 15 is 0 Å². The maximum atomic E-state index is 6.20. The lowest BCUT2D eigenvalue weighted by atomic mass is 10.1. The van der Waals surface area contributed by atoms with Crippen molar-refractivity contribution in [2.24, 2.45) is 0 Å². The molecule has 0 heterocycles. The summed E-state index contributed by atoms with van der Waals surface area (Å²) in [5.41, 5.74) is 1.02. The highest BCUT2D eigenvalue weighted by Crippen LogP contribution is 2.42. The van der Waals surface area contributed by atoms with Crippen LogP contribution in [0.3, 0.4) is 0 Å². The van der Waals surface area contributed by atoms with Gasteiger partial charge in [0.1, 0.15) is 5.75 Å². The van der Waals surface area contributed by atoms with Gasteiger partial charge in [0, 0.05) is 5.54 Å². The van der Waals surface area contributed by atoms with E-state index in [-0.39, 0.29) is 5.54 Å². The van der Waals surface area contributed by atoms with E-state index < -0.39 is 14.3 Å². The fourth-order valence-electron chi connectivity index (χ4n) is 1.82. The Morgan fingerprint density at radius 1 is 1.11 bits per heavy atom. The average molecular weight is 342 g/mol. The fourth-order valence-corrected chi connectivity index (χ4v) is 6.17. The molecule has 0 saturated heterocycles. The van der Waals surface area contributed by atoms with Gasteiger partial charge in [-0.05, 0) is 37.7 Å². The molecule has 1 aromatic rings. The first-order chi connectivity index (χ1) is 8.15. The third-order valence-corrected chi connectivity index (χ3v) is 7.23. The van der Waals surface area contributed by atoms with Crippen LogP contribution in [0.5, 0.6) is 5.75 Å². The van der Waals surface area contributed by atoms with Crippen LogP contribution < -0.4 is 4.43 Å². The molecule has 18 heavy (non-hydrogen) atoms. The minimum Gasteiger partial charge on any atom is -0.544 e. The third kappa shape index (κ3) is 4.78. The molecule has 0 spiro atoms. The van der Waals surface area contributed by atoms with Crippen LogP contribution in [0.1, 0.15) is 24.4 Å². The largest absolute Gasteiger partial charge is 0.544 e. The molecule has 0 saturated carbocycles. The van der Waals surface area contributed by atoms with E-state index in [1.54, 1.807) is 0 Å². The van der Waals surface area contributed by atoms with Crippen molar-refractivity contribution >= 4 is 47.6 Å². The quantitative estimate of drug-likeness (QED) is 0.501. The van der Waals surface area contributed by atoms with Gasteiger partial charge < -0.3 is 4.43 Å². The molecule has 0 N–H and O–H groups in total. The Hall–Kier alpha value is 0.324. The van der Waals surface area contributed by atoms with Crippen molar-refractivity contribution in [3.05, 3.63) is 29.8 Å². The normalized spacial score (nSPS) is 14.4. The summed E-state index contributed by atoms with van der Waals surface area (Å²) in [4.78, 5) is 0. The van der Waals surface area contributed by atoms with Crippen LogP contribution in [0.25, 0.3) is 0 Å². The highest BCUT2D eigenvalue weighted by atomic mass is 35.8. The number of benzene rings is 1. The molecule has 102 valence electrons. The number of rotatable bonds is 5. The van der Waals surface area contributed by atoms with Crippen LogP contribution in [0.4, 0.5) is 0 Å². The summed E-state index contributed by atoms with van der Waals surface area (Å²) >= 11 is 18.6. The van der Waals surface area contributed by atoms with Gasteiger partial charge in [-0.1, -0.05) is 25.1 Å². The van der Waals surface area contributed by atoms with Crippen LogP contribution in [0.15, 0.2) is 24.3 Å². The topological polar surface area (TPSA) is 9.23 Å². The number of hydrogen-bond acceptors (Lipinski definition) is 1. The molecule has 0 aromatic heterocycles. The molecule has 1 rings (SSSR count). The van der Waals surface area contributed by atoms with Crippen molar-refractivity contribution in [3.63, 3.8) is 0 Å². The second-order valence-electron chi connectivity index (χ2n) is 5.25. The molecule has 1 unspecified atom stereocenters. The molecule has 0 fully saturated rings. The minimum absolute atomic E-state index is 0.0185. The maximum Gasteiger partial charge on any atom is 0.348 e. The molecule has 0 amide bonds. The molecule has 0 bridgehead atoms. The molecule has 1 nitrogen and oxygen atoms in total. The van der Waals surface area contributed by atoms with Crippen LogP contribution in [-0.2, 0) is 0 Å². The number of hydrogen-bond donors (Lipinski definition) is 0. The van der Waals surface area contributed by atoms with E-state index in [9.17, 15) is 0 Å². The smallest absolute Gasteiger partial charge is 0.348 e. The third-order valence-electron chi connectivity index (χ3n) is 2.51. The highest BCUT2D eigenvalue weighted by Gasteiger charge is 2.38. The lowest BCUT2D eigenvalue weighted by Gasteiger charge is -2.27. The molecular weight excluding hydrogens is 323 g/mol. The van der Waals surface area contributed by atoms with E-state index in [1.165, 1.54) is 0 Å². The first-order valence-corrected chi connectivity index (χ1v) is 14.5. The molecule has 0 radical (unpaired) electrons. The molecule has 0 aliphatic heterocycles. The summed E-state index contributed by atoms with van der Waals surface area (Å²) in [7, 11) is -1.66. The van der Waals surface area contributed by atoms with Gasteiger partial charge in [0.15, 0.2) is 0 Å². The minimum atomic E-state index is -2.78. The van der Waals surface area contributed by atoms with E-state index in [0.29, 0.717) is 0 Å². The van der Waals surface area contributed by atoms with Gasteiger partial charge in [0.2, 0.25) is 8.32 Å². The lowest BCUT2D eigenvalue weighted by molar-refractivity contribution is 0.546. The zero-order valence-corrected chi connectivity index (χ0v) is 15.4. The average Bonchev–Trinajstić information content (AvgIpc) is 2.17. The second-order valence-corrected chi connectivity index (χ2v) is 18.6. The summed E-state index contributed by atoms with van der Waals surface area (Å²) in [6.07, 6.45) is 0.814. The van der Waals surface area contributed by atoms with E-state index in [0.717, 1.165) is 17.7 Å². The lowest BCUT2D eigenvalue weighted by Crippen LogP contribution is -2.31. The van der Waals surface area contributed by atoms with Crippen molar-refractivity contribution < 1.29 is 4.43 Å². The zero-order valence-electron chi connectivity index (χ0n) is 11.1. The Bertz CT molecular complexity index is 399. The SMILES string of the molecule is CCC(c1ccccc1O[Si](C)(C)C)[Si](Cl)(Cl)Cl. The Morgan fingerprint density at radius 3 is 2.11 bits per heavy atom. The Balaban J connectivity index is 3.15. The van der Waals surface area contributed by atoms with E-state index in [2.05, 4.69) is 19.6 Å². The molecular formula is C12H19Cl3OSi2. The van der Waals surface area contributed by atoms with Gasteiger partial charge >= 0.3 is 6.00 Å². The summed E-state index contributed by atoms with van der Waals surface area (Å²) in [5, 5.41) is 0. The monoisotopic (exact) mass is 340 g/mol. The van der Waals surface area contributed by atoms with Crippen molar-refractivity contribution in [1.82, 2.24) is 0 Å². The van der Waals surface area contributed by atoms with Gasteiger partial charge in [-0.15, -0.1) is 33.2 Å². The first kappa shape index (κ1) is 16.4. The van der Waals surface area contributed by atoms with Crippen molar-refractivity contribution in [1.29, 1.82) is 0 Å². The molecule has 1 aromatic carbocycles. The van der Waals surface area contributed by atoms with E-state index in [4.69, 9.17) is 37.7 Å². The second kappa shape index (κ2) is 6.18. The Morgan fingerprint density at radius 2 is 1.67 bits per heavy atom. The van der Waals surface area contributed by atoms with Crippen LogP contribution in [0.2, 0.25) is 19.6 Å². The van der Waals surface area contributed by atoms with Crippen LogP contribution in [0, 0.1) is 0 Å². The summed E-state index contributed by atoms with van der Waals surface area (Å²) in [6, 6.07) is 5.14. The van der Waals surface area contributed by atoms with Gasteiger partial charge in [-0.3, -0.25) is 0 Å². The summed E-state index contributed by atoms with van der Waals surface area (Å²) < 4.78 is 6.10. The summed E-state index contributed by atoms with van der Waals surface area (Å²) in [5.74, 6) is 0.877. The molecule has 0 aliphatic rings. The predicted octanol–water partition coefficient (Wildman–Crippen LogP) is 5.59. The van der Waals surface area contributed by atoms with Crippen LogP contribution in [-0.4, -0.2) is 14.3 Å². The Kier molecular flexibility index (Phi) is 5.63. The first-order valence-electron chi connectivity index (χ1n) is 6.00. The highest BCUT2D eigenvalue weighted by molar-refractivity contribution is 7.65. The van der Waals surface area contributed by atoms with Gasteiger partial charge in [0.05, 0.1) is 0 Å². The van der Waals surface area contributed by atoms with Gasteiger partial charge in [-0.2, -0.15) is 0 Å². The van der Waals surface area contributed by atoms with Crippen molar-refractivity contribution in [2.75, 3.05) is 0 Å². The number of halogens is 3. The fraction of sp³-hybridized carbons (Fsp3) is 0.500. The van der Waals surface area contributed by atoms with Crippen molar-refractivity contribution in [3.8, 4) is 5.75 Å². The van der Waals surface area contributed by atoms with E-state index in [1.807, 2.05) is 31.2 Å².